The molecule has 0 saturated heterocycles. The van der Waals surface area contributed by atoms with Gasteiger partial charge >= 0.3 is 0 Å². The summed E-state index contributed by atoms with van der Waals surface area (Å²) in [5.41, 5.74) is 0. The van der Waals surface area contributed by atoms with E-state index in [2.05, 4.69) is 12.2 Å². The first-order valence-electron chi connectivity index (χ1n) is 3.65. The standard InChI is InChI=1S/C8H14.2Ir/c1-2-4-6-8-7-5-3-1;;/h1-2H,3-8H2;;/b2-1-;;. The van der Waals surface area contributed by atoms with Gasteiger partial charge in [0.05, 0.1) is 0 Å². The molecule has 64 valence electrons. The van der Waals surface area contributed by atoms with Gasteiger partial charge in [0.25, 0.3) is 0 Å². The summed E-state index contributed by atoms with van der Waals surface area (Å²) in [6, 6.07) is 0. The van der Waals surface area contributed by atoms with Gasteiger partial charge in [-0.2, -0.15) is 0 Å². The summed E-state index contributed by atoms with van der Waals surface area (Å²) in [5, 5.41) is 0. The molecule has 0 fully saturated rings. The van der Waals surface area contributed by atoms with Gasteiger partial charge in [-0.1, -0.05) is 25.0 Å². The molecule has 0 heterocycles. The van der Waals surface area contributed by atoms with Crippen molar-refractivity contribution in [1.82, 2.24) is 0 Å². The number of rotatable bonds is 0. The smallest absolute Gasteiger partial charge is 0 e. The summed E-state index contributed by atoms with van der Waals surface area (Å²) in [4.78, 5) is 0. The molecule has 0 nitrogen and oxygen atoms in total. The molecule has 0 atom stereocenters. The summed E-state index contributed by atoms with van der Waals surface area (Å²) in [6.45, 7) is 0. The van der Waals surface area contributed by atoms with E-state index in [1.807, 2.05) is 0 Å². The van der Waals surface area contributed by atoms with Gasteiger partial charge in [-0.3, -0.25) is 0 Å². The van der Waals surface area contributed by atoms with E-state index in [9.17, 15) is 0 Å². The number of hydrogen-bond donors (Lipinski definition) is 0. The summed E-state index contributed by atoms with van der Waals surface area (Å²) >= 11 is 0. The zero-order valence-corrected chi connectivity index (χ0v) is 10.9. The van der Waals surface area contributed by atoms with Crippen LogP contribution in [0.5, 0.6) is 0 Å². The topological polar surface area (TPSA) is 0 Å². The summed E-state index contributed by atoms with van der Waals surface area (Å²) in [7, 11) is 0. The van der Waals surface area contributed by atoms with Crippen LogP contribution in [-0.2, 0) is 40.2 Å². The molecule has 1 aliphatic carbocycles. The van der Waals surface area contributed by atoms with Crippen molar-refractivity contribution in [2.45, 2.75) is 38.5 Å². The fraction of sp³-hybridized carbons (Fsp3) is 0.750. The molecule has 0 aliphatic heterocycles. The summed E-state index contributed by atoms with van der Waals surface area (Å²) in [6.07, 6.45) is 13.0. The average molecular weight is 495 g/mol. The second-order valence-corrected chi connectivity index (χ2v) is 2.46. The molecular weight excluding hydrogens is 481 g/mol. The Morgan fingerprint density at radius 1 is 0.600 bits per heavy atom. The SMILES string of the molecule is C1=C\CCCCCC/1.[Ir].[Ir]. The van der Waals surface area contributed by atoms with Crippen molar-refractivity contribution >= 4 is 0 Å². The van der Waals surface area contributed by atoms with Crippen LogP contribution in [0.15, 0.2) is 12.2 Å². The maximum absolute atomic E-state index is 2.32. The van der Waals surface area contributed by atoms with Crippen molar-refractivity contribution in [2.75, 3.05) is 0 Å². The largest absolute Gasteiger partial charge is 0.0885 e. The Kier molecular flexibility index (Phi) is 13.7. The van der Waals surface area contributed by atoms with E-state index in [1.54, 1.807) is 0 Å². The molecule has 0 bridgehead atoms. The molecule has 10 heavy (non-hydrogen) atoms. The van der Waals surface area contributed by atoms with Crippen LogP contribution >= 0.6 is 0 Å². The second kappa shape index (κ2) is 10.0. The molecule has 2 radical (unpaired) electrons. The Balaban J connectivity index is 0. The molecule has 1 rings (SSSR count). The van der Waals surface area contributed by atoms with Crippen molar-refractivity contribution in [3.8, 4) is 0 Å². The van der Waals surface area contributed by atoms with E-state index in [0.717, 1.165) is 0 Å². The van der Waals surface area contributed by atoms with E-state index >= 15 is 0 Å². The van der Waals surface area contributed by atoms with Crippen LogP contribution in [0.4, 0.5) is 0 Å². The van der Waals surface area contributed by atoms with E-state index in [-0.39, 0.29) is 40.2 Å². The first-order chi connectivity index (χ1) is 4.00. The molecular formula is C8H14Ir2. The number of hydrogen-bond acceptors (Lipinski definition) is 0. The molecule has 0 N–H and O–H groups in total. The van der Waals surface area contributed by atoms with Crippen molar-refractivity contribution in [3.63, 3.8) is 0 Å². The monoisotopic (exact) mass is 496 g/mol. The van der Waals surface area contributed by atoms with Crippen LogP contribution < -0.4 is 0 Å². The van der Waals surface area contributed by atoms with Crippen molar-refractivity contribution in [1.29, 1.82) is 0 Å². The third-order valence-electron chi connectivity index (χ3n) is 1.66. The Labute approximate surface area is 90.6 Å². The first kappa shape index (κ1) is 13.6. The molecule has 0 aromatic carbocycles. The van der Waals surface area contributed by atoms with Gasteiger partial charge in [0.2, 0.25) is 0 Å². The third-order valence-corrected chi connectivity index (χ3v) is 1.66. The van der Waals surface area contributed by atoms with Crippen LogP contribution in [0.3, 0.4) is 0 Å². The molecule has 0 spiro atoms. The van der Waals surface area contributed by atoms with E-state index < -0.39 is 0 Å². The fourth-order valence-corrected chi connectivity index (χ4v) is 1.11. The van der Waals surface area contributed by atoms with Crippen LogP contribution in [0, 0.1) is 0 Å². The van der Waals surface area contributed by atoms with Gasteiger partial charge in [0.15, 0.2) is 0 Å². The van der Waals surface area contributed by atoms with Gasteiger partial charge in [-0.15, -0.1) is 0 Å². The van der Waals surface area contributed by atoms with Crippen molar-refractivity contribution in [3.05, 3.63) is 12.2 Å². The van der Waals surface area contributed by atoms with Crippen LogP contribution in [-0.4, -0.2) is 0 Å². The zero-order chi connectivity index (χ0) is 5.66. The Hall–Kier alpha value is 1.04. The Bertz CT molecular complexity index is 69.3. The third kappa shape index (κ3) is 7.15. The first-order valence-corrected chi connectivity index (χ1v) is 3.65. The van der Waals surface area contributed by atoms with Crippen molar-refractivity contribution < 1.29 is 40.2 Å². The minimum absolute atomic E-state index is 0. The predicted molar refractivity (Wildman–Crippen MR) is 36.8 cm³/mol. The molecule has 2 heteroatoms. The summed E-state index contributed by atoms with van der Waals surface area (Å²) in [5.74, 6) is 0. The molecule has 1 aliphatic rings. The molecule has 0 aromatic rings. The predicted octanol–water partition coefficient (Wildman–Crippen LogP) is 2.89. The van der Waals surface area contributed by atoms with Gasteiger partial charge in [-0.05, 0) is 25.7 Å². The molecule has 0 unspecified atom stereocenters. The number of allylic oxidation sites excluding steroid dienone is 2. The van der Waals surface area contributed by atoms with Gasteiger partial charge in [0, 0.05) is 40.2 Å². The maximum Gasteiger partial charge on any atom is 0 e. The van der Waals surface area contributed by atoms with Crippen LogP contribution in [0.1, 0.15) is 38.5 Å². The van der Waals surface area contributed by atoms with E-state index in [1.165, 1.54) is 38.5 Å². The van der Waals surface area contributed by atoms with Crippen LogP contribution in [0.2, 0.25) is 0 Å². The van der Waals surface area contributed by atoms with Gasteiger partial charge in [-0.25, -0.2) is 0 Å². The Morgan fingerprint density at radius 3 is 1.40 bits per heavy atom. The maximum atomic E-state index is 2.32. The quantitative estimate of drug-likeness (QED) is 0.455. The normalized spacial score (nSPS) is 20.8. The molecule has 0 aromatic heterocycles. The molecule has 0 amide bonds. The van der Waals surface area contributed by atoms with E-state index in [4.69, 9.17) is 0 Å². The minimum Gasteiger partial charge on any atom is -0.0885 e. The van der Waals surface area contributed by atoms with Gasteiger partial charge in [0.1, 0.15) is 0 Å². The Morgan fingerprint density at radius 2 is 1.00 bits per heavy atom. The summed E-state index contributed by atoms with van der Waals surface area (Å²) < 4.78 is 0. The second-order valence-electron chi connectivity index (χ2n) is 2.46. The zero-order valence-electron chi connectivity index (χ0n) is 6.06. The minimum atomic E-state index is 0. The molecule has 0 saturated carbocycles. The fourth-order valence-electron chi connectivity index (χ4n) is 1.11. The van der Waals surface area contributed by atoms with Crippen molar-refractivity contribution in [2.24, 2.45) is 0 Å². The van der Waals surface area contributed by atoms with Gasteiger partial charge < -0.3 is 0 Å². The average Bonchev–Trinajstić information content (AvgIpc) is 1.62. The van der Waals surface area contributed by atoms with E-state index in [0.29, 0.717) is 0 Å². The van der Waals surface area contributed by atoms with Crippen LogP contribution in [0.25, 0.3) is 0 Å².